The van der Waals surface area contributed by atoms with Crippen LogP contribution in [0.1, 0.15) is 46.1 Å². The van der Waals surface area contributed by atoms with Crippen molar-refractivity contribution in [1.82, 2.24) is 5.32 Å². The molecule has 0 saturated heterocycles. The Balaban J connectivity index is 2.04. The quantitative estimate of drug-likeness (QED) is 0.825. The van der Waals surface area contributed by atoms with Gasteiger partial charge in [-0.2, -0.15) is 0 Å². The summed E-state index contributed by atoms with van der Waals surface area (Å²) in [5, 5.41) is 4.51. The highest BCUT2D eigenvalue weighted by atomic mass is 35.5. The lowest BCUT2D eigenvalue weighted by Crippen LogP contribution is -2.44. The van der Waals surface area contributed by atoms with Gasteiger partial charge >= 0.3 is 0 Å². The molecule has 1 atom stereocenters. The fourth-order valence-electron chi connectivity index (χ4n) is 2.67. The first-order valence-corrected chi connectivity index (χ1v) is 7.66. The second-order valence-corrected chi connectivity index (χ2v) is 7.77. The first-order chi connectivity index (χ1) is 8.78. The number of benzene rings is 1. The fourth-order valence-corrected chi connectivity index (χ4v) is 2.79. The first kappa shape index (κ1) is 14.9. The van der Waals surface area contributed by atoms with Crippen LogP contribution < -0.4 is 5.32 Å². The highest BCUT2D eigenvalue weighted by molar-refractivity contribution is 6.30. The van der Waals surface area contributed by atoms with Crippen LogP contribution in [0.5, 0.6) is 0 Å². The van der Waals surface area contributed by atoms with Crippen molar-refractivity contribution in [1.29, 1.82) is 0 Å². The summed E-state index contributed by atoms with van der Waals surface area (Å²) in [6.07, 6.45) is 3.91. The molecule has 1 fully saturated rings. The number of nitrogens with one attached hydrogen (secondary N) is 1. The Kier molecular flexibility index (Phi) is 4.27. The third-order valence-electron chi connectivity index (χ3n) is 4.11. The van der Waals surface area contributed by atoms with E-state index >= 15 is 0 Å². The van der Waals surface area contributed by atoms with E-state index in [0.29, 0.717) is 5.41 Å². The number of rotatable bonds is 5. The van der Waals surface area contributed by atoms with Crippen molar-refractivity contribution in [3.05, 3.63) is 34.9 Å². The van der Waals surface area contributed by atoms with Gasteiger partial charge in [-0.05, 0) is 69.1 Å². The Morgan fingerprint density at radius 1 is 1.11 bits per heavy atom. The molecule has 0 radical (unpaired) electrons. The smallest absolute Gasteiger partial charge is 0.0406 e. The molecular formula is C17H26ClN. The van der Waals surface area contributed by atoms with Crippen molar-refractivity contribution in [2.75, 3.05) is 6.54 Å². The minimum absolute atomic E-state index is 0.191. The first-order valence-electron chi connectivity index (χ1n) is 7.28. The van der Waals surface area contributed by atoms with E-state index in [-0.39, 0.29) is 5.54 Å². The molecule has 2 heteroatoms. The Hall–Kier alpha value is -0.530. The van der Waals surface area contributed by atoms with Gasteiger partial charge in [0.05, 0.1) is 0 Å². The molecule has 19 heavy (non-hydrogen) atoms. The predicted molar refractivity (Wildman–Crippen MR) is 83.7 cm³/mol. The fraction of sp³-hybridized carbons (Fsp3) is 0.647. The minimum Gasteiger partial charge on any atom is -0.312 e. The lowest BCUT2D eigenvalue weighted by atomic mass is 9.78. The van der Waals surface area contributed by atoms with Crippen LogP contribution in [0, 0.1) is 11.3 Å². The van der Waals surface area contributed by atoms with Crippen LogP contribution in [-0.2, 0) is 6.42 Å². The van der Waals surface area contributed by atoms with Crippen molar-refractivity contribution in [3.63, 3.8) is 0 Å². The maximum absolute atomic E-state index is 5.97. The maximum atomic E-state index is 5.97. The molecule has 0 amide bonds. The van der Waals surface area contributed by atoms with E-state index in [1.807, 2.05) is 12.1 Å². The van der Waals surface area contributed by atoms with E-state index in [2.05, 4.69) is 45.1 Å². The average Bonchev–Trinajstić information content (AvgIpc) is 3.13. The summed E-state index contributed by atoms with van der Waals surface area (Å²) in [7, 11) is 0. The summed E-state index contributed by atoms with van der Waals surface area (Å²) in [6, 6.07) is 8.34. The second kappa shape index (κ2) is 5.46. The summed E-state index contributed by atoms with van der Waals surface area (Å²) in [5.41, 5.74) is 1.95. The van der Waals surface area contributed by atoms with Crippen molar-refractivity contribution >= 4 is 11.6 Å². The molecule has 0 bridgehead atoms. The van der Waals surface area contributed by atoms with Crippen LogP contribution >= 0.6 is 11.6 Å². The van der Waals surface area contributed by atoms with E-state index in [4.69, 9.17) is 11.6 Å². The van der Waals surface area contributed by atoms with Crippen molar-refractivity contribution in [3.8, 4) is 0 Å². The molecule has 1 aliphatic carbocycles. The van der Waals surface area contributed by atoms with Gasteiger partial charge in [0.2, 0.25) is 0 Å². The standard InChI is InChI=1S/C17H26ClN/c1-16(2,3)19-12-17(4,14-7-8-14)11-13-5-9-15(18)10-6-13/h5-6,9-10,14,19H,7-8,11-12H2,1-4H3. The topological polar surface area (TPSA) is 12.0 Å². The Morgan fingerprint density at radius 3 is 2.16 bits per heavy atom. The number of hydrogen-bond donors (Lipinski definition) is 1. The molecule has 1 aliphatic rings. The summed E-state index contributed by atoms with van der Waals surface area (Å²) in [4.78, 5) is 0. The monoisotopic (exact) mass is 279 g/mol. The zero-order chi connectivity index (χ0) is 14.1. The van der Waals surface area contributed by atoms with Gasteiger partial charge in [-0.15, -0.1) is 0 Å². The van der Waals surface area contributed by atoms with Crippen molar-refractivity contribution < 1.29 is 0 Å². The largest absolute Gasteiger partial charge is 0.312 e. The summed E-state index contributed by atoms with van der Waals surface area (Å²) in [6.45, 7) is 10.2. The third-order valence-corrected chi connectivity index (χ3v) is 4.36. The van der Waals surface area contributed by atoms with E-state index in [0.717, 1.165) is 23.9 Å². The van der Waals surface area contributed by atoms with Gasteiger partial charge in [-0.3, -0.25) is 0 Å². The normalized spacial score (nSPS) is 19.2. The molecule has 0 heterocycles. The molecule has 2 rings (SSSR count). The predicted octanol–water partition coefficient (Wildman–Crippen LogP) is 4.69. The van der Waals surface area contributed by atoms with Gasteiger partial charge in [0.15, 0.2) is 0 Å². The summed E-state index contributed by atoms with van der Waals surface area (Å²) in [5.74, 6) is 0.873. The molecule has 1 unspecified atom stereocenters. The molecule has 106 valence electrons. The third kappa shape index (κ3) is 4.50. The maximum Gasteiger partial charge on any atom is 0.0406 e. The van der Waals surface area contributed by atoms with Gasteiger partial charge in [0.1, 0.15) is 0 Å². The highest BCUT2D eigenvalue weighted by Gasteiger charge is 2.41. The molecule has 1 aromatic carbocycles. The molecule has 0 aliphatic heterocycles. The number of hydrogen-bond acceptors (Lipinski definition) is 1. The van der Waals surface area contributed by atoms with Gasteiger partial charge in [0.25, 0.3) is 0 Å². The minimum atomic E-state index is 0.191. The van der Waals surface area contributed by atoms with Crippen LogP contribution in [0.25, 0.3) is 0 Å². The van der Waals surface area contributed by atoms with Crippen LogP contribution in [0.15, 0.2) is 24.3 Å². The van der Waals surface area contributed by atoms with E-state index < -0.39 is 0 Å². The molecule has 1 nitrogen and oxygen atoms in total. The van der Waals surface area contributed by atoms with E-state index in [1.165, 1.54) is 18.4 Å². The second-order valence-electron chi connectivity index (χ2n) is 7.34. The van der Waals surface area contributed by atoms with Crippen LogP contribution in [0.3, 0.4) is 0 Å². The molecular weight excluding hydrogens is 254 g/mol. The van der Waals surface area contributed by atoms with Crippen LogP contribution in [0.2, 0.25) is 5.02 Å². The lowest BCUT2D eigenvalue weighted by molar-refractivity contribution is 0.228. The van der Waals surface area contributed by atoms with Gasteiger partial charge in [-0.25, -0.2) is 0 Å². The molecule has 1 saturated carbocycles. The van der Waals surface area contributed by atoms with Crippen LogP contribution in [-0.4, -0.2) is 12.1 Å². The van der Waals surface area contributed by atoms with Gasteiger partial charge in [-0.1, -0.05) is 30.7 Å². The molecule has 0 spiro atoms. The Labute approximate surface area is 122 Å². The number of halogens is 1. The van der Waals surface area contributed by atoms with E-state index in [9.17, 15) is 0 Å². The molecule has 0 aromatic heterocycles. The highest BCUT2D eigenvalue weighted by Crippen LogP contribution is 2.47. The van der Waals surface area contributed by atoms with Crippen molar-refractivity contribution in [2.24, 2.45) is 11.3 Å². The molecule has 1 N–H and O–H groups in total. The van der Waals surface area contributed by atoms with Crippen LogP contribution in [0.4, 0.5) is 0 Å². The van der Waals surface area contributed by atoms with Crippen molar-refractivity contribution in [2.45, 2.75) is 52.5 Å². The van der Waals surface area contributed by atoms with Gasteiger partial charge < -0.3 is 5.32 Å². The molecule has 1 aromatic rings. The average molecular weight is 280 g/mol. The van der Waals surface area contributed by atoms with Gasteiger partial charge in [0, 0.05) is 17.1 Å². The summed E-state index contributed by atoms with van der Waals surface area (Å²) >= 11 is 5.97. The zero-order valence-corrected chi connectivity index (χ0v) is 13.3. The van der Waals surface area contributed by atoms with E-state index in [1.54, 1.807) is 0 Å². The zero-order valence-electron chi connectivity index (χ0n) is 12.6. The Morgan fingerprint density at radius 2 is 1.68 bits per heavy atom. The SMILES string of the molecule is CC(C)(C)NCC(C)(Cc1ccc(Cl)cc1)C1CC1. The Bertz CT molecular complexity index is 414. The lowest BCUT2D eigenvalue weighted by Gasteiger charge is -2.34. The summed E-state index contributed by atoms with van der Waals surface area (Å²) < 4.78 is 0.